The lowest BCUT2D eigenvalue weighted by molar-refractivity contribution is -0.123. The van der Waals surface area contributed by atoms with Crippen LogP contribution in [0.5, 0.6) is 0 Å². The Morgan fingerprint density at radius 3 is 2.88 bits per heavy atom. The molecule has 0 bridgehead atoms. The second-order valence-electron chi connectivity index (χ2n) is 4.51. The third-order valence-corrected chi connectivity index (χ3v) is 4.35. The Morgan fingerprint density at radius 2 is 2.06 bits per heavy atom. The van der Waals surface area contributed by atoms with Crippen LogP contribution in [0, 0.1) is 5.92 Å². The van der Waals surface area contributed by atoms with Crippen LogP contribution in [0.2, 0.25) is 0 Å². The van der Waals surface area contributed by atoms with E-state index in [-0.39, 0.29) is 11.9 Å². The maximum atomic E-state index is 11.8. The first kappa shape index (κ1) is 10.2. The molecule has 1 aliphatic carbocycles. The van der Waals surface area contributed by atoms with Crippen molar-refractivity contribution < 1.29 is 4.79 Å². The van der Waals surface area contributed by atoms with Gasteiger partial charge < -0.3 is 5.32 Å². The molecule has 2 nitrogen and oxygen atoms in total. The summed E-state index contributed by atoms with van der Waals surface area (Å²) in [5, 5.41) is 3.18. The molecule has 0 spiro atoms. The number of rotatable bonds is 2. The summed E-state index contributed by atoms with van der Waals surface area (Å²) in [4.78, 5) is 13.1. The molecule has 0 aromatic heterocycles. The predicted molar refractivity (Wildman–Crippen MR) is 65.4 cm³/mol. The van der Waals surface area contributed by atoms with E-state index in [4.69, 9.17) is 0 Å². The van der Waals surface area contributed by atoms with Gasteiger partial charge in [0, 0.05) is 16.6 Å². The number of hydrogen-bond donors (Lipinski definition) is 1. The van der Waals surface area contributed by atoms with Crippen LogP contribution in [0.25, 0.3) is 0 Å². The van der Waals surface area contributed by atoms with Crippen molar-refractivity contribution >= 4 is 17.7 Å². The summed E-state index contributed by atoms with van der Waals surface area (Å²) in [7, 11) is 0. The highest BCUT2D eigenvalue weighted by atomic mass is 32.2. The minimum Gasteiger partial charge on any atom is -0.349 e. The van der Waals surface area contributed by atoms with Gasteiger partial charge in [0.15, 0.2) is 0 Å². The van der Waals surface area contributed by atoms with Gasteiger partial charge in [0.05, 0.1) is 6.04 Å². The van der Waals surface area contributed by atoms with E-state index >= 15 is 0 Å². The van der Waals surface area contributed by atoms with Crippen molar-refractivity contribution in [1.82, 2.24) is 5.32 Å². The number of benzene rings is 1. The van der Waals surface area contributed by atoms with Crippen LogP contribution in [0.15, 0.2) is 29.2 Å². The minimum absolute atomic E-state index is 0.241. The van der Waals surface area contributed by atoms with E-state index < -0.39 is 0 Å². The van der Waals surface area contributed by atoms with Crippen LogP contribution in [0.1, 0.15) is 30.9 Å². The molecule has 3 rings (SSSR count). The molecular formula is C13H15NOS. The summed E-state index contributed by atoms with van der Waals surface area (Å²) >= 11 is 1.89. The first-order chi connectivity index (χ1) is 7.84. The van der Waals surface area contributed by atoms with Crippen LogP contribution in [-0.4, -0.2) is 11.7 Å². The molecule has 0 radical (unpaired) electrons. The molecule has 2 aliphatic rings. The average molecular weight is 233 g/mol. The largest absolute Gasteiger partial charge is 0.349 e. The van der Waals surface area contributed by atoms with Crippen LogP contribution < -0.4 is 5.32 Å². The Hall–Kier alpha value is -0.960. The van der Waals surface area contributed by atoms with Gasteiger partial charge in [-0.05, 0) is 30.9 Å². The fraction of sp³-hybridized carbons (Fsp3) is 0.462. The third kappa shape index (κ3) is 1.96. The van der Waals surface area contributed by atoms with E-state index in [0.717, 1.165) is 25.0 Å². The second kappa shape index (κ2) is 4.13. The molecule has 1 saturated carbocycles. The van der Waals surface area contributed by atoms with Crippen molar-refractivity contribution in [1.29, 1.82) is 0 Å². The van der Waals surface area contributed by atoms with E-state index in [1.165, 1.54) is 10.5 Å². The molecule has 1 unspecified atom stereocenters. The van der Waals surface area contributed by atoms with Gasteiger partial charge in [-0.2, -0.15) is 0 Å². The van der Waals surface area contributed by atoms with E-state index in [1.807, 2.05) is 11.8 Å². The van der Waals surface area contributed by atoms with Gasteiger partial charge in [-0.25, -0.2) is 0 Å². The zero-order valence-electron chi connectivity index (χ0n) is 9.11. The Bertz CT molecular complexity index is 414. The van der Waals surface area contributed by atoms with Crippen LogP contribution in [-0.2, 0) is 4.79 Å². The summed E-state index contributed by atoms with van der Waals surface area (Å²) in [5.41, 5.74) is 1.30. The summed E-state index contributed by atoms with van der Waals surface area (Å²) in [6, 6.07) is 8.65. The summed E-state index contributed by atoms with van der Waals surface area (Å²) in [6.07, 6.45) is 3.21. The smallest absolute Gasteiger partial charge is 0.223 e. The van der Waals surface area contributed by atoms with Gasteiger partial charge in [0.1, 0.15) is 0 Å². The quantitative estimate of drug-likeness (QED) is 0.851. The summed E-state index contributed by atoms with van der Waals surface area (Å²) in [6.45, 7) is 0. The number of carbonyl (C=O) groups excluding carboxylic acids is 1. The van der Waals surface area contributed by atoms with Crippen molar-refractivity contribution in [2.75, 3.05) is 5.75 Å². The molecule has 1 aromatic rings. The van der Waals surface area contributed by atoms with Crippen LogP contribution >= 0.6 is 11.8 Å². The maximum absolute atomic E-state index is 11.8. The third-order valence-electron chi connectivity index (χ3n) is 3.22. The van der Waals surface area contributed by atoms with Crippen molar-refractivity contribution in [2.45, 2.75) is 30.2 Å². The van der Waals surface area contributed by atoms with Crippen molar-refractivity contribution in [3.8, 4) is 0 Å². The molecule has 1 aliphatic heterocycles. The molecule has 0 saturated heterocycles. The number of fused-ring (bicyclic) bond motifs is 1. The molecule has 1 fully saturated rings. The summed E-state index contributed by atoms with van der Waals surface area (Å²) < 4.78 is 0. The lowest BCUT2D eigenvalue weighted by Gasteiger charge is -2.25. The molecule has 1 amide bonds. The second-order valence-corrected chi connectivity index (χ2v) is 5.65. The fourth-order valence-electron chi connectivity index (χ4n) is 2.13. The average Bonchev–Trinajstić information content (AvgIpc) is 3.13. The lowest BCUT2D eigenvalue weighted by atomic mass is 10.0. The van der Waals surface area contributed by atoms with E-state index in [0.29, 0.717) is 5.92 Å². The Labute approximate surface area is 99.8 Å². The monoisotopic (exact) mass is 233 g/mol. The highest BCUT2D eigenvalue weighted by Gasteiger charge is 2.32. The van der Waals surface area contributed by atoms with Gasteiger partial charge in [-0.15, -0.1) is 11.8 Å². The van der Waals surface area contributed by atoms with E-state index in [2.05, 4.69) is 29.6 Å². The van der Waals surface area contributed by atoms with Crippen molar-refractivity contribution in [2.24, 2.45) is 5.92 Å². The zero-order valence-corrected chi connectivity index (χ0v) is 9.93. The Morgan fingerprint density at radius 1 is 1.25 bits per heavy atom. The molecule has 1 aromatic carbocycles. The number of thioether (sulfide) groups is 1. The first-order valence-electron chi connectivity index (χ1n) is 5.87. The number of carbonyl (C=O) groups is 1. The van der Waals surface area contributed by atoms with E-state index in [1.54, 1.807) is 0 Å². The molecule has 16 heavy (non-hydrogen) atoms. The molecule has 1 atom stereocenters. The minimum atomic E-state index is 0.241. The highest BCUT2D eigenvalue weighted by Crippen LogP contribution is 2.37. The molecule has 1 heterocycles. The van der Waals surface area contributed by atoms with Gasteiger partial charge in [0.25, 0.3) is 0 Å². The van der Waals surface area contributed by atoms with Gasteiger partial charge in [-0.1, -0.05) is 18.2 Å². The number of hydrogen-bond acceptors (Lipinski definition) is 2. The maximum Gasteiger partial charge on any atom is 0.223 e. The highest BCUT2D eigenvalue weighted by molar-refractivity contribution is 7.99. The number of amides is 1. The van der Waals surface area contributed by atoms with Crippen molar-refractivity contribution in [3.05, 3.63) is 29.8 Å². The molecule has 84 valence electrons. The van der Waals surface area contributed by atoms with Gasteiger partial charge in [0.2, 0.25) is 5.91 Å². The fourth-order valence-corrected chi connectivity index (χ4v) is 3.25. The SMILES string of the molecule is O=C(NC1CCSc2ccccc21)C1CC1. The first-order valence-corrected chi connectivity index (χ1v) is 6.85. The summed E-state index contributed by atoms with van der Waals surface area (Å²) in [5.74, 6) is 1.67. The van der Waals surface area contributed by atoms with E-state index in [9.17, 15) is 4.79 Å². The van der Waals surface area contributed by atoms with Crippen molar-refractivity contribution in [3.63, 3.8) is 0 Å². The standard InChI is InChI=1S/C13H15NOS/c15-13(9-5-6-9)14-11-7-8-16-12-4-2-1-3-10(11)12/h1-4,9,11H,5-8H2,(H,14,15). The Kier molecular flexibility index (Phi) is 2.64. The number of nitrogens with one attached hydrogen (secondary N) is 1. The predicted octanol–water partition coefficient (Wildman–Crippen LogP) is 2.75. The Balaban J connectivity index is 1.78. The zero-order chi connectivity index (χ0) is 11.0. The lowest BCUT2D eigenvalue weighted by Crippen LogP contribution is -2.31. The topological polar surface area (TPSA) is 29.1 Å². The van der Waals surface area contributed by atoms with Crippen LogP contribution in [0.3, 0.4) is 0 Å². The van der Waals surface area contributed by atoms with Gasteiger partial charge in [-0.3, -0.25) is 4.79 Å². The molecule has 3 heteroatoms. The van der Waals surface area contributed by atoms with Gasteiger partial charge >= 0.3 is 0 Å². The molecular weight excluding hydrogens is 218 g/mol. The normalized spacial score (nSPS) is 23.6. The molecule has 1 N–H and O–H groups in total. The van der Waals surface area contributed by atoms with Crippen LogP contribution in [0.4, 0.5) is 0 Å².